The minimum absolute atomic E-state index is 0. The summed E-state index contributed by atoms with van der Waals surface area (Å²) in [6, 6.07) is 0. The first kappa shape index (κ1) is 16.7. The normalized spacial score (nSPS) is 22.6. The van der Waals surface area contributed by atoms with Gasteiger partial charge in [-0.2, -0.15) is 0 Å². The predicted octanol–water partition coefficient (Wildman–Crippen LogP) is -2.33. The van der Waals surface area contributed by atoms with Crippen molar-refractivity contribution in [2.45, 2.75) is 32.6 Å². The van der Waals surface area contributed by atoms with Crippen LogP contribution in [0.1, 0.15) is 32.6 Å². The molecule has 1 aliphatic rings. The van der Waals surface area contributed by atoms with Gasteiger partial charge >= 0.3 is 35.5 Å². The fraction of sp³-hybridized carbons (Fsp3) is 0.667. The number of allylic oxidation sites excluding steroid dienone is 2. The van der Waals surface area contributed by atoms with Crippen LogP contribution in [0.25, 0.3) is 0 Å². The zero-order valence-corrected chi connectivity index (χ0v) is 12.5. The quantitative estimate of drug-likeness (QED) is 0.237. The minimum Gasteiger partial charge on any atom is -0.550 e. The maximum atomic E-state index is 11.6. The molecule has 5 heteroatoms. The summed E-state index contributed by atoms with van der Waals surface area (Å²) in [4.78, 5) is 22.5. The van der Waals surface area contributed by atoms with Gasteiger partial charge in [-0.1, -0.05) is 25.5 Å². The third kappa shape index (κ3) is 5.23. The largest absolute Gasteiger partial charge is 1.00 e. The molecule has 2 atom stereocenters. The summed E-state index contributed by atoms with van der Waals surface area (Å²) in [5.41, 5.74) is 0. The Balaban J connectivity index is 0.00000256. The van der Waals surface area contributed by atoms with Crippen molar-refractivity contribution in [3.63, 3.8) is 0 Å². The molecule has 0 aromatic rings. The molecule has 90 valence electrons. The molecule has 2 unspecified atom stereocenters. The van der Waals surface area contributed by atoms with E-state index in [1.807, 2.05) is 13.0 Å². The molecule has 1 aliphatic carbocycles. The van der Waals surface area contributed by atoms with E-state index < -0.39 is 23.8 Å². The number of esters is 1. The number of hydrogen-bond donors (Lipinski definition) is 0. The molecular weight excluding hydrogens is 231 g/mol. The minimum atomic E-state index is -1.17. The SMILES string of the molecule is CCCCOC(=O)C1CC=CCC1C(=O)[O-].[Na+]. The number of aliphatic carboxylic acids is 1. The van der Waals surface area contributed by atoms with E-state index >= 15 is 0 Å². The molecule has 4 nitrogen and oxygen atoms in total. The van der Waals surface area contributed by atoms with Crippen LogP contribution in [0.4, 0.5) is 0 Å². The summed E-state index contributed by atoms with van der Waals surface area (Å²) in [6.45, 7) is 2.37. The number of unbranched alkanes of at least 4 members (excludes halogenated alkanes) is 1. The van der Waals surface area contributed by atoms with Gasteiger partial charge in [0.1, 0.15) is 0 Å². The van der Waals surface area contributed by atoms with E-state index in [9.17, 15) is 14.7 Å². The molecule has 0 spiro atoms. The number of ether oxygens (including phenoxy) is 1. The van der Waals surface area contributed by atoms with Gasteiger partial charge in [-0.3, -0.25) is 4.79 Å². The van der Waals surface area contributed by atoms with Gasteiger partial charge in [-0.25, -0.2) is 0 Å². The molecule has 0 bridgehead atoms. The summed E-state index contributed by atoms with van der Waals surface area (Å²) in [5.74, 6) is -2.89. The van der Waals surface area contributed by atoms with Crippen LogP contribution in [-0.4, -0.2) is 18.5 Å². The standard InChI is InChI=1S/C12H18O4.Na/c1-2-3-8-16-12(15)10-7-5-4-6-9(10)11(13)14;/h4-5,9-10H,2-3,6-8H2,1H3,(H,13,14);/q;+1/p-1. The van der Waals surface area contributed by atoms with Gasteiger partial charge in [0.2, 0.25) is 0 Å². The Morgan fingerprint density at radius 3 is 2.41 bits per heavy atom. The Morgan fingerprint density at radius 2 is 1.88 bits per heavy atom. The second-order valence-electron chi connectivity index (χ2n) is 4.00. The molecule has 0 radical (unpaired) electrons. The third-order valence-corrected chi connectivity index (χ3v) is 2.78. The number of carboxylic acids is 1. The number of hydrogen-bond acceptors (Lipinski definition) is 4. The van der Waals surface area contributed by atoms with E-state index in [1.54, 1.807) is 6.08 Å². The van der Waals surface area contributed by atoms with Crippen molar-refractivity contribution in [2.75, 3.05) is 6.61 Å². The van der Waals surface area contributed by atoms with E-state index in [0.29, 0.717) is 19.4 Å². The van der Waals surface area contributed by atoms with Crippen LogP contribution < -0.4 is 34.7 Å². The molecule has 0 aromatic heterocycles. The van der Waals surface area contributed by atoms with E-state index in [-0.39, 0.29) is 29.6 Å². The summed E-state index contributed by atoms with van der Waals surface area (Å²) >= 11 is 0. The molecule has 1 rings (SSSR count). The number of rotatable bonds is 5. The molecule has 0 saturated carbocycles. The molecule has 0 aliphatic heterocycles. The van der Waals surface area contributed by atoms with Crippen molar-refractivity contribution in [3.8, 4) is 0 Å². The van der Waals surface area contributed by atoms with E-state index in [0.717, 1.165) is 12.8 Å². The van der Waals surface area contributed by atoms with Gasteiger partial charge in [0, 0.05) is 11.9 Å². The molecule has 0 fully saturated rings. The first-order chi connectivity index (χ1) is 7.66. The van der Waals surface area contributed by atoms with Crippen LogP contribution in [0.5, 0.6) is 0 Å². The summed E-state index contributed by atoms with van der Waals surface area (Å²) in [7, 11) is 0. The van der Waals surface area contributed by atoms with Gasteiger partial charge < -0.3 is 14.6 Å². The van der Waals surface area contributed by atoms with Gasteiger partial charge in [-0.15, -0.1) is 0 Å². The van der Waals surface area contributed by atoms with Crippen LogP contribution in [0.3, 0.4) is 0 Å². The maximum Gasteiger partial charge on any atom is 1.00 e. The second-order valence-corrected chi connectivity index (χ2v) is 4.00. The molecule has 0 amide bonds. The van der Waals surface area contributed by atoms with Gasteiger partial charge in [0.05, 0.1) is 12.5 Å². The number of carbonyl (C=O) groups excluding carboxylic acids is 2. The van der Waals surface area contributed by atoms with Crippen molar-refractivity contribution >= 4 is 11.9 Å². The average Bonchev–Trinajstić information content (AvgIpc) is 2.29. The van der Waals surface area contributed by atoms with E-state index in [4.69, 9.17) is 4.74 Å². The fourth-order valence-electron chi connectivity index (χ4n) is 1.76. The van der Waals surface area contributed by atoms with Crippen LogP contribution in [0, 0.1) is 11.8 Å². The zero-order chi connectivity index (χ0) is 12.0. The predicted molar refractivity (Wildman–Crippen MR) is 56.2 cm³/mol. The smallest absolute Gasteiger partial charge is 0.550 e. The van der Waals surface area contributed by atoms with Crippen LogP contribution >= 0.6 is 0 Å². The van der Waals surface area contributed by atoms with Gasteiger partial charge in [0.25, 0.3) is 0 Å². The van der Waals surface area contributed by atoms with Crippen molar-refractivity contribution in [2.24, 2.45) is 11.8 Å². The second kappa shape index (κ2) is 8.72. The Morgan fingerprint density at radius 1 is 1.29 bits per heavy atom. The van der Waals surface area contributed by atoms with Gasteiger partial charge in [-0.05, 0) is 19.3 Å². The first-order valence-corrected chi connectivity index (χ1v) is 5.69. The molecular formula is C12H17NaO4. The summed E-state index contributed by atoms with van der Waals surface area (Å²) in [5, 5.41) is 10.8. The number of carbonyl (C=O) groups is 2. The number of carboxylic acid groups (broad SMARTS) is 1. The molecule has 0 N–H and O–H groups in total. The third-order valence-electron chi connectivity index (χ3n) is 2.78. The van der Waals surface area contributed by atoms with Gasteiger partial charge in [0.15, 0.2) is 0 Å². The van der Waals surface area contributed by atoms with Crippen molar-refractivity contribution < 1.29 is 49.0 Å². The van der Waals surface area contributed by atoms with E-state index in [1.165, 1.54) is 0 Å². The fourth-order valence-corrected chi connectivity index (χ4v) is 1.76. The summed E-state index contributed by atoms with van der Waals surface area (Å²) in [6.07, 6.45) is 6.15. The van der Waals surface area contributed by atoms with Crippen molar-refractivity contribution in [1.29, 1.82) is 0 Å². The van der Waals surface area contributed by atoms with Crippen LogP contribution in [0.2, 0.25) is 0 Å². The molecule has 0 aromatic carbocycles. The Hall–Kier alpha value is -0.320. The average molecular weight is 248 g/mol. The molecule has 0 saturated heterocycles. The zero-order valence-electron chi connectivity index (χ0n) is 10.5. The Labute approximate surface area is 124 Å². The molecule has 0 heterocycles. The van der Waals surface area contributed by atoms with Crippen LogP contribution in [0.15, 0.2) is 12.2 Å². The topological polar surface area (TPSA) is 66.4 Å². The Kier molecular flexibility index (Phi) is 8.56. The first-order valence-electron chi connectivity index (χ1n) is 5.69. The Bertz CT molecular complexity index is 288. The summed E-state index contributed by atoms with van der Waals surface area (Å²) < 4.78 is 5.04. The van der Waals surface area contributed by atoms with Crippen molar-refractivity contribution in [1.82, 2.24) is 0 Å². The van der Waals surface area contributed by atoms with Crippen molar-refractivity contribution in [3.05, 3.63) is 12.2 Å². The monoisotopic (exact) mass is 248 g/mol. The molecule has 17 heavy (non-hydrogen) atoms. The van der Waals surface area contributed by atoms with E-state index in [2.05, 4.69) is 0 Å². The van der Waals surface area contributed by atoms with Crippen LogP contribution in [-0.2, 0) is 14.3 Å². The maximum absolute atomic E-state index is 11.6.